The second-order valence-corrected chi connectivity index (χ2v) is 6.14. The van der Waals surface area contributed by atoms with Gasteiger partial charge in [0.15, 0.2) is 0 Å². The average Bonchev–Trinajstić information content (AvgIpc) is 2.83. The number of hydrogen-bond donors (Lipinski definition) is 1. The maximum Gasteiger partial charge on any atom is 0.0580 e. The van der Waals surface area contributed by atoms with Crippen molar-refractivity contribution in [2.24, 2.45) is 11.7 Å². The molecule has 0 radical (unpaired) electrons. The Morgan fingerprint density at radius 2 is 2.05 bits per heavy atom. The van der Waals surface area contributed by atoms with E-state index < -0.39 is 0 Å². The molecule has 104 valence electrons. The third-order valence-corrected chi connectivity index (χ3v) is 4.73. The number of aryl methyl sites for hydroxylation is 2. The molecule has 0 spiro atoms. The lowest BCUT2D eigenvalue weighted by Gasteiger charge is -2.36. The van der Waals surface area contributed by atoms with Crippen LogP contribution in [-0.2, 0) is 17.6 Å². The summed E-state index contributed by atoms with van der Waals surface area (Å²) < 4.78 is 5.62. The molecule has 2 heteroatoms. The summed E-state index contributed by atoms with van der Waals surface area (Å²) in [5.74, 6) is 0.764. The fraction of sp³-hybridized carbons (Fsp3) is 0.647. The lowest BCUT2D eigenvalue weighted by molar-refractivity contribution is -0.0282. The first-order valence-electron chi connectivity index (χ1n) is 7.75. The smallest absolute Gasteiger partial charge is 0.0580 e. The van der Waals surface area contributed by atoms with E-state index in [0.29, 0.717) is 6.10 Å². The maximum atomic E-state index is 6.38. The predicted molar refractivity (Wildman–Crippen MR) is 78.2 cm³/mol. The van der Waals surface area contributed by atoms with Gasteiger partial charge >= 0.3 is 0 Å². The molecule has 19 heavy (non-hydrogen) atoms. The lowest BCUT2D eigenvalue weighted by Crippen LogP contribution is -2.33. The minimum Gasteiger partial charge on any atom is -0.378 e. The van der Waals surface area contributed by atoms with E-state index in [-0.39, 0.29) is 6.04 Å². The van der Waals surface area contributed by atoms with Crippen LogP contribution < -0.4 is 5.73 Å². The van der Waals surface area contributed by atoms with Crippen LogP contribution in [0.4, 0.5) is 0 Å². The molecule has 0 heterocycles. The van der Waals surface area contributed by atoms with E-state index in [1.807, 2.05) is 0 Å². The Labute approximate surface area is 116 Å². The number of nitrogens with two attached hydrogens (primary N) is 1. The molecule has 1 aromatic rings. The van der Waals surface area contributed by atoms with E-state index in [2.05, 4.69) is 25.1 Å². The van der Waals surface area contributed by atoms with Crippen molar-refractivity contribution in [2.45, 2.75) is 57.6 Å². The molecule has 0 saturated heterocycles. The normalized spacial score (nSPS) is 26.8. The second kappa shape index (κ2) is 5.64. The van der Waals surface area contributed by atoms with Crippen LogP contribution in [-0.4, -0.2) is 12.7 Å². The van der Waals surface area contributed by atoms with Crippen molar-refractivity contribution in [2.75, 3.05) is 6.61 Å². The summed E-state index contributed by atoms with van der Waals surface area (Å²) in [4.78, 5) is 0. The van der Waals surface area contributed by atoms with Crippen molar-refractivity contribution >= 4 is 0 Å². The summed E-state index contributed by atoms with van der Waals surface area (Å²) in [5.41, 5.74) is 10.8. The van der Waals surface area contributed by atoms with Crippen molar-refractivity contribution in [3.63, 3.8) is 0 Å². The van der Waals surface area contributed by atoms with Gasteiger partial charge in [0.1, 0.15) is 0 Å². The standard InChI is InChI=1S/C17H25NO/c1-2-19-16-8-12(9-16)10-17(18)15-7-6-13-4-3-5-14(13)11-15/h6-7,11-12,16-17H,2-5,8-10,18H2,1H3. The Morgan fingerprint density at radius 1 is 1.26 bits per heavy atom. The topological polar surface area (TPSA) is 35.2 Å². The Kier molecular flexibility index (Phi) is 3.90. The molecule has 1 fully saturated rings. The average molecular weight is 259 g/mol. The summed E-state index contributed by atoms with van der Waals surface area (Å²) in [7, 11) is 0. The monoisotopic (exact) mass is 259 g/mol. The fourth-order valence-corrected chi connectivity index (χ4v) is 3.56. The number of fused-ring (bicyclic) bond motifs is 1. The molecule has 0 bridgehead atoms. The summed E-state index contributed by atoms with van der Waals surface area (Å²) in [6.45, 7) is 2.91. The van der Waals surface area contributed by atoms with Gasteiger partial charge in [-0.2, -0.15) is 0 Å². The van der Waals surface area contributed by atoms with E-state index in [9.17, 15) is 0 Å². The molecular weight excluding hydrogens is 234 g/mol. The first-order chi connectivity index (χ1) is 9.26. The van der Waals surface area contributed by atoms with Crippen LogP contribution in [0.3, 0.4) is 0 Å². The van der Waals surface area contributed by atoms with Crippen molar-refractivity contribution < 1.29 is 4.74 Å². The van der Waals surface area contributed by atoms with Gasteiger partial charge in [-0.1, -0.05) is 18.2 Å². The summed E-state index contributed by atoms with van der Waals surface area (Å²) >= 11 is 0. The Hall–Kier alpha value is -0.860. The fourth-order valence-electron chi connectivity index (χ4n) is 3.56. The van der Waals surface area contributed by atoms with E-state index in [1.165, 1.54) is 48.8 Å². The SMILES string of the molecule is CCOC1CC(CC(N)c2ccc3c(c2)CCC3)C1. The molecule has 2 aliphatic rings. The third kappa shape index (κ3) is 2.85. The van der Waals surface area contributed by atoms with Crippen molar-refractivity contribution in [1.82, 2.24) is 0 Å². The van der Waals surface area contributed by atoms with Gasteiger partial charge in [-0.05, 0) is 68.1 Å². The molecule has 0 aromatic heterocycles. The molecule has 3 rings (SSSR count). The van der Waals surface area contributed by atoms with Gasteiger partial charge in [-0.25, -0.2) is 0 Å². The molecule has 1 unspecified atom stereocenters. The predicted octanol–water partition coefficient (Wildman–Crippen LogP) is 3.38. The van der Waals surface area contributed by atoms with Crippen LogP contribution in [0, 0.1) is 5.92 Å². The molecule has 0 aliphatic heterocycles. The van der Waals surface area contributed by atoms with Crippen LogP contribution >= 0.6 is 0 Å². The highest BCUT2D eigenvalue weighted by Crippen LogP contribution is 2.36. The zero-order chi connectivity index (χ0) is 13.2. The van der Waals surface area contributed by atoms with E-state index in [1.54, 1.807) is 0 Å². The van der Waals surface area contributed by atoms with Crippen LogP contribution in [0.25, 0.3) is 0 Å². The molecule has 1 aromatic carbocycles. The van der Waals surface area contributed by atoms with Crippen LogP contribution in [0.5, 0.6) is 0 Å². The van der Waals surface area contributed by atoms with Gasteiger partial charge in [0, 0.05) is 12.6 Å². The van der Waals surface area contributed by atoms with Gasteiger partial charge in [-0.3, -0.25) is 0 Å². The minimum atomic E-state index is 0.207. The summed E-state index contributed by atoms with van der Waals surface area (Å²) in [6, 6.07) is 7.10. The van der Waals surface area contributed by atoms with Crippen LogP contribution in [0.2, 0.25) is 0 Å². The quantitative estimate of drug-likeness (QED) is 0.879. The highest BCUT2D eigenvalue weighted by atomic mass is 16.5. The number of ether oxygens (including phenoxy) is 1. The Bertz CT molecular complexity index is 437. The first-order valence-corrected chi connectivity index (χ1v) is 7.75. The molecule has 2 aliphatic carbocycles. The van der Waals surface area contributed by atoms with Crippen LogP contribution in [0.1, 0.15) is 55.3 Å². The van der Waals surface area contributed by atoms with Crippen molar-refractivity contribution in [1.29, 1.82) is 0 Å². The van der Waals surface area contributed by atoms with Gasteiger partial charge in [0.25, 0.3) is 0 Å². The largest absolute Gasteiger partial charge is 0.378 e. The molecule has 2 N–H and O–H groups in total. The minimum absolute atomic E-state index is 0.207. The van der Waals surface area contributed by atoms with Gasteiger partial charge in [0.2, 0.25) is 0 Å². The highest BCUT2D eigenvalue weighted by Gasteiger charge is 2.31. The molecular formula is C17H25NO. The van der Waals surface area contributed by atoms with Crippen molar-refractivity contribution in [3.8, 4) is 0 Å². The van der Waals surface area contributed by atoms with E-state index >= 15 is 0 Å². The van der Waals surface area contributed by atoms with E-state index in [0.717, 1.165) is 18.9 Å². The molecule has 1 saturated carbocycles. The first kappa shape index (κ1) is 13.1. The number of rotatable bonds is 5. The zero-order valence-corrected chi connectivity index (χ0v) is 11.9. The zero-order valence-electron chi connectivity index (χ0n) is 11.9. The Morgan fingerprint density at radius 3 is 2.84 bits per heavy atom. The highest BCUT2D eigenvalue weighted by molar-refractivity contribution is 5.36. The molecule has 0 amide bonds. The van der Waals surface area contributed by atoms with Gasteiger partial charge in [-0.15, -0.1) is 0 Å². The summed E-state index contributed by atoms with van der Waals surface area (Å²) in [6.07, 6.45) is 7.82. The maximum absolute atomic E-state index is 6.38. The second-order valence-electron chi connectivity index (χ2n) is 6.14. The van der Waals surface area contributed by atoms with Gasteiger partial charge < -0.3 is 10.5 Å². The van der Waals surface area contributed by atoms with Gasteiger partial charge in [0.05, 0.1) is 6.10 Å². The number of benzene rings is 1. The van der Waals surface area contributed by atoms with E-state index in [4.69, 9.17) is 10.5 Å². The van der Waals surface area contributed by atoms with Crippen LogP contribution in [0.15, 0.2) is 18.2 Å². The molecule has 2 nitrogen and oxygen atoms in total. The third-order valence-electron chi connectivity index (χ3n) is 4.73. The van der Waals surface area contributed by atoms with Crippen molar-refractivity contribution in [3.05, 3.63) is 34.9 Å². The number of hydrogen-bond acceptors (Lipinski definition) is 2. The summed E-state index contributed by atoms with van der Waals surface area (Å²) in [5, 5.41) is 0. The molecule has 1 atom stereocenters. The lowest BCUT2D eigenvalue weighted by atomic mass is 9.77. The Balaban J connectivity index is 1.55.